The van der Waals surface area contributed by atoms with Crippen LogP contribution >= 0.6 is 34.8 Å². The molecule has 1 unspecified atom stereocenters. The number of phenolic OH excluding ortho intramolecular Hbond substituents is 1. The number of hydrogen-bond donors (Lipinski definition) is 2. The van der Waals surface area contributed by atoms with Gasteiger partial charge in [-0.1, -0.05) is 40.9 Å². The lowest BCUT2D eigenvalue weighted by atomic mass is 10.2. The predicted molar refractivity (Wildman–Crippen MR) is 93.1 cm³/mol. The van der Waals surface area contributed by atoms with Crippen LogP contribution in [0.1, 0.15) is 17.3 Å². The average molecular weight is 389 g/mol. The van der Waals surface area contributed by atoms with Gasteiger partial charge in [0, 0.05) is 0 Å². The molecule has 0 radical (unpaired) electrons. The molecule has 126 valence electrons. The van der Waals surface area contributed by atoms with Crippen molar-refractivity contribution in [2.24, 2.45) is 0 Å². The lowest BCUT2D eigenvalue weighted by Gasteiger charge is -2.15. The zero-order chi connectivity index (χ0) is 17.9. The minimum atomic E-state index is -1.09. The number of benzene rings is 2. The Labute approximate surface area is 153 Å². The van der Waals surface area contributed by atoms with Gasteiger partial charge in [0.25, 0.3) is 5.91 Å². The molecule has 2 rings (SSSR count). The molecule has 0 heterocycles. The molecule has 0 bridgehead atoms. The Morgan fingerprint density at radius 2 is 1.75 bits per heavy atom. The van der Waals surface area contributed by atoms with Crippen molar-refractivity contribution in [1.29, 1.82) is 0 Å². The molecule has 2 N–H and O–H groups in total. The number of anilines is 1. The van der Waals surface area contributed by atoms with Crippen LogP contribution in [-0.2, 0) is 9.53 Å². The first-order valence-electron chi connectivity index (χ1n) is 6.73. The van der Waals surface area contributed by atoms with Gasteiger partial charge in [-0.15, -0.1) is 0 Å². The number of rotatable bonds is 4. The van der Waals surface area contributed by atoms with Gasteiger partial charge in [0.15, 0.2) is 6.10 Å². The first-order valence-corrected chi connectivity index (χ1v) is 7.86. The van der Waals surface area contributed by atoms with Crippen molar-refractivity contribution < 1.29 is 19.4 Å². The summed E-state index contributed by atoms with van der Waals surface area (Å²) in [6, 6.07) is 8.40. The Balaban J connectivity index is 2.05. The highest BCUT2D eigenvalue weighted by Crippen LogP contribution is 2.32. The molecule has 0 aliphatic heterocycles. The molecule has 1 amide bonds. The SMILES string of the molecule is CC(OC(=O)c1cccc(O)c1)C(=O)Nc1cc(Cl)c(Cl)cc1Cl. The number of hydrogen-bond acceptors (Lipinski definition) is 4. The Kier molecular flexibility index (Phi) is 5.94. The fourth-order valence-corrected chi connectivity index (χ4v) is 2.36. The highest BCUT2D eigenvalue weighted by atomic mass is 35.5. The van der Waals surface area contributed by atoms with Gasteiger partial charge >= 0.3 is 5.97 Å². The molecule has 0 spiro atoms. The van der Waals surface area contributed by atoms with E-state index in [0.717, 1.165) is 0 Å². The largest absolute Gasteiger partial charge is 0.508 e. The van der Waals surface area contributed by atoms with Gasteiger partial charge in [-0.25, -0.2) is 4.79 Å². The number of halogens is 3. The van der Waals surface area contributed by atoms with Crippen LogP contribution in [0.15, 0.2) is 36.4 Å². The van der Waals surface area contributed by atoms with E-state index in [2.05, 4.69) is 5.32 Å². The van der Waals surface area contributed by atoms with E-state index in [1.807, 2.05) is 0 Å². The summed E-state index contributed by atoms with van der Waals surface area (Å²) in [5.74, 6) is -1.42. The maximum atomic E-state index is 12.1. The standard InChI is InChI=1S/C16H12Cl3NO4/c1-8(24-16(23)9-3-2-4-10(21)5-9)15(22)20-14-7-12(18)11(17)6-13(14)19/h2-8,21H,1H3,(H,20,22). The minimum Gasteiger partial charge on any atom is -0.508 e. The molecule has 2 aromatic carbocycles. The van der Waals surface area contributed by atoms with E-state index in [4.69, 9.17) is 39.5 Å². The summed E-state index contributed by atoms with van der Waals surface area (Å²) in [5, 5.41) is 12.5. The Morgan fingerprint density at radius 1 is 1.08 bits per heavy atom. The number of nitrogens with one attached hydrogen (secondary N) is 1. The fourth-order valence-electron chi connectivity index (χ4n) is 1.77. The Hall–Kier alpha value is -1.95. The van der Waals surface area contributed by atoms with Crippen LogP contribution in [-0.4, -0.2) is 23.1 Å². The molecule has 0 aromatic heterocycles. The van der Waals surface area contributed by atoms with Gasteiger partial charge in [0.1, 0.15) is 5.75 Å². The maximum absolute atomic E-state index is 12.1. The van der Waals surface area contributed by atoms with Crippen molar-refractivity contribution in [3.05, 3.63) is 57.0 Å². The normalized spacial score (nSPS) is 11.7. The van der Waals surface area contributed by atoms with Crippen molar-refractivity contribution >= 4 is 52.4 Å². The topological polar surface area (TPSA) is 75.6 Å². The van der Waals surface area contributed by atoms with Gasteiger partial charge in [0.05, 0.1) is 26.3 Å². The van der Waals surface area contributed by atoms with Gasteiger partial charge < -0.3 is 15.2 Å². The minimum absolute atomic E-state index is 0.0795. The summed E-state index contributed by atoms with van der Waals surface area (Å²) < 4.78 is 5.06. The van der Waals surface area contributed by atoms with Crippen LogP contribution in [0.4, 0.5) is 5.69 Å². The van der Waals surface area contributed by atoms with Crippen LogP contribution < -0.4 is 5.32 Å². The third-order valence-electron chi connectivity index (χ3n) is 3.00. The third-order valence-corrected chi connectivity index (χ3v) is 4.04. The van der Waals surface area contributed by atoms with E-state index in [9.17, 15) is 14.7 Å². The lowest BCUT2D eigenvalue weighted by molar-refractivity contribution is -0.123. The number of carbonyl (C=O) groups excluding carboxylic acids is 2. The van der Waals surface area contributed by atoms with E-state index in [1.165, 1.54) is 43.3 Å². The monoisotopic (exact) mass is 387 g/mol. The zero-order valence-electron chi connectivity index (χ0n) is 12.3. The van der Waals surface area contributed by atoms with Crippen LogP contribution in [0, 0.1) is 0 Å². The summed E-state index contributed by atoms with van der Waals surface area (Å²) in [4.78, 5) is 24.1. The number of ether oxygens (including phenoxy) is 1. The molecule has 0 saturated heterocycles. The summed E-state index contributed by atoms with van der Waals surface area (Å²) in [7, 11) is 0. The summed E-state index contributed by atoms with van der Waals surface area (Å²) >= 11 is 17.7. The highest BCUT2D eigenvalue weighted by Gasteiger charge is 2.20. The van der Waals surface area contributed by atoms with Crippen LogP contribution in [0.2, 0.25) is 15.1 Å². The zero-order valence-corrected chi connectivity index (χ0v) is 14.6. The van der Waals surface area contributed by atoms with Crippen LogP contribution in [0.5, 0.6) is 5.75 Å². The molecule has 24 heavy (non-hydrogen) atoms. The second kappa shape index (κ2) is 7.75. The van der Waals surface area contributed by atoms with Crippen molar-refractivity contribution in [3.63, 3.8) is 0 Å². The molecular formula is C16H12Cl3NO4. The molecule has 0 aliphatic rings. The van der Waals surface area contributed by atoms with E-state index < -0.39 is 18.0 Å². The first kappa shape index (κ1) is 18.4. The van der Waals surface area contributed by atoms with Crippen LogP contribution in [0.25, 0.3) is 0 Å². The van der Waals surface area contributed by atoms with Gasteiger partial charge in [-0.3, -0.25) is 4.79 Å². The van der Waals surface area contributed by atoms with E-state index in [-0.39, 0.29) is 32.1 Å². The summed E-state index contributed by atoms with van der Waals surface area (Å²) in [6.07, 6.45) is -1.09. The van der Waals surface area contributed by atoms with E-state index >= 15 is 0 Å². The summed E-state index contributed by atoms with van der Waals surface area (Å²) in [6.45, 7) is 1.40. The predicted octanol–water partition coefficient (Wildman–Crippen LogP) is 4.54. The van der Waals surface area contributed by atoms with Crippen molar-refractivity contribution in [3.8, 4) is 5.75 Å². The average Bonchev–Trinajstić information content (AvgIpc) is 2.52. The van der Waals surface area contributed by atoms with Gasteiger partial charge in [-0.05, 0) is 37.3 Å². The number of esters is 1. The van der Waals surface area contributed by atoms with Crippen LogP contribution in [0.3, 0.4) is 0 Å². The molecule has 5 nitrogen and oxygen atoms in total. The van der Waals surface area contributed by atoms with Crippen molar-refractivity contribution in [2.45, 2.75) is 13.0 Å². The Bertz CT molecular complexity index is 795. The molecular weight excluding hydrogens is 377 g/mol. The lowest BCUT2D eigenvalue weighted by Crippen LogP contribution is -2.30. The number of carbonyl (C=O) groups is 2. The molecule has 0 fully saturated rings. The molecule has 1 atom stereocenters. The quantitative estimate of drug-likeness (QED) is 0.596. The van der Waals surface area contributed by atoms with Gasteiger partial charge in [-0.2, -0.15) is 0 Å². The second-order valence-corrected chi connectivity index (χ2v) is 6.05. The van der Waals surface area contributed by atoms with Gasteiger partial charge in [0.2, 0.25) is 0 Å². The van der Waals surface area contributed by atoms with Crippen molar-refractivity contribution in [1.82, 2.24) is 0 Å². The van der Waals surface area contributed by atoms with E-state index in [1.54, 1.807) is 0 Å². The highest BCUT2D eigenvalue weighted by molar-refractivity contribution is 6.44. The number of amides is 1. The fraction of sp³-hybridized carbons (Fsp3) is 0.125. The Morgan fingerprint density at radius 3 is 2.42 bits per heavy atom. The van der Waals surface area contributed by atoms with Crippen molar-refractivity contribution in [2.75, 3.05) is 5.32 Å². The van der Waals surface area contributed by atoms with E-state index in [0.29, 0.717) is 0 Å². The maximum Gasteiger partial charge on any atom is 0.339 e. The third kappa shape index (κ3) is 4.54. The number of aromatic hydroxyl groups is 1. The molecule has 8 heteroatoms. The molecule has 0 aliphatic carbocycles. The molecule has 2 aromatic rings. The smallest absolute Gasteiger partial charge is 0.339 e. The molecule has 0 saturated carbocycles. The second-order valence-electron chi connectivity index (χ2n) is 4.83. The number of phenols is 1. The first-order chi connectivity index (χ1) is 11.3. The summed E-state index contributed by atoms with van der Waals surface area (Å²) in [5.41, 5.74) is 0.374.